The Morgan fingerprint density at radius 3 is 2.76 bits per heavy atom. The number of pyridine rings is 1. The van der Waals surface area contributed by atoms with Crippen LogP contribution in [0, 0.1) is 12.8 Å². The number of nitrogens with zero attached hydrogens (tertiary/aromatic N) is 2. The van der Waals surface area contributed by atoms with Gasteiger partial charge in [0, 0.05) is 19.3 Å². The van der Waals surface area contributed by atoms with Crippen molar-refractivity contribution in [2.75, 3.05) is 18.5 Å². The van der Waals surface area contributed by atoms with Crippen LogP contribution in [-0.2, 0) is 0 Å². The molecule has 1 aliphatic carbocycles. The van der Waals surface area contributed by atoms with Gasteiger partial charge in [0.15, 0.2) is 0 Å². The van der Waals surface area contributed by atoms with Gasteiger partial charge < -0.3 is 10.6 Å². The van der Waals surface area contributed by atoms with Gasteiger partial charge >= 0.3 is 0 Å². The van der Waals surface area contributed by atoms with Crippen LogP contribution in [0.15, 0.2) is 12.1 Å². The molecule has 1 saturated carbocycles. The highest BCUT2D eigenvalue weighted by Crippen LogP contribution is 2.28. The van der Waals surface area contributed by atoms with E-state index in [1.54, 1.807) is 0 Å². The van der Waals surface area contributed by atoms with E-state index in [0.29, 0.717) is 4.99 Å². The quantitative estimate of drug-likeness (QED) is 0.831. The largest absolute Gasteiger partial charge is 0.389 e. The molecular weight excluding hydrogens is 230 g/mol. The minimum Gasteiger partial charge on any atom is -0.389 e. The van der Waals surface area contributed by atoms with E-state index >= 15 is 0 Å². The predicted molar refractivity (Wildman–Crippen MR) is 75.5 cm³/mol. The maximum Gasteiger partial charge on any atom is 0.138 e. The molecule has 2 N–H and O–H groups in total. The fraction of sp³-hybridized carbons (Fsp3) is 0.538. The number of thiocarbonyl (C=S) groups is 1. The molecule has 3 nitrogen and oxygen atoms in total. The first-order valence-corrected chi connectivity index (χ1v) is 6.47. The summed E-state index contributed by atoms with van der Waals surface area (Å²) in [5, 5.41) is 0. The molecule has 0 unspecified atom stereocenters. The maximum atomic E-state index is 5.74. The number of hydrogen-bond donors (Lipinski definition) is 1. The second-order valence-electron chi connectivity index (χ2n) is 4.87. The number of aromatic nitrogens is 1. The first-order valence-electron chi connectivity index (χ1n) is 6.06. The van der Waals surface area contributed by atoms with Crippen molar-refractivity contribution >= 4 is 23.0 Å². The van der Waals surface area contributed by atoms with Crippen molar-refractivity contribution in [1.82, 2.24) is 4.98 Å². The first kappa shape index (κ1) is 12.3. The van der Waals surface area contributed by atoms with Crippen LogP contribution in [0.25, 0.3) is 0 Å². The molecule has 0 radical (unpaired) electrons. The summed E-state index contributed by atoms with van der Waals surface area (Å²) in [6.07, 6.45) is 4.03. The minimum absolute atomic E-state index is 0.424. The molecule has 0 spiro atoms. The third kappa shape index (κ3) is 2.75. The van der Waals surface area contributed by atoms with E-state index in [9.17, 15) is 0 Å². The maximum absolute atomic E-state index is 5.74. The Labute approximate surface area is 108 Å². The van der Waals surface area contributed by atoms with Crippen LogP contribution in [0.2, 0.25) is 0 Å². The zero-order valence-corrected chi connectivity index (χ0v) is 11.3. The molecule has 1 fully saturated rings. The van der Waals surface area contributed by atoms with Crippen molar-refractivity contribution in [1.29, 1.82) is 0 Å². The molecule has 1 heterocycles. The molecule has 0 atom stereocenters. The fourth-order valence-corrected chi connectivity index (χ4v) is 2.33. The van der Waals surface area contributed by atoms with E-state index in [2.05, 4.69) is 16.9 Å². The lowest BCUT2D eigenvalue weighted by Gasteiger charge is -2.31. The van der Waals surface area contributed by atoms with Gasteiger partial charge in [-0.2, -0.15) is 0 Å². The van der Waals surface area contributed by atoms with Gasteiger partial charge in [-0.25, -0.2) is 4.98 Å². The van der Waals surface area contributed by atoms with Crippen molar-refractivity contribution in [2.45, 2.75) is 26.2 Å². The Hall–Kier alpha value is -1.16. The Morgan fingerprint density at radius 1 is 1.53 bits per heavy atom. The fourth-order valence-electron chi connectivity index (χ4n) is 2.18. The van der Waals surface area contributed by atoms with Crippen molar-refractivity contribution < 1.29 is 0 Å². The second-order valence-corrected chi connectivity index (χ2v) is 5.31. The average Bonchev–Trinajstić information content (AvgIpc) is 2.22. The predicted octanol–water partition coefficient (Wildman–Crippen LogP) is 2.26. The Kier molecular flexibility index (Phi) is 3.62. The lowest BCUT2D eigenvalue weighted by atomic mass is 9.85. The lowest BCUT2D eigenvalue weighted by molar-refractivity contribution is 0.321. The number of aryl methyl sites for hydroxylation is 1. The highest BCUT2D eigenvalue weighted by atomic mass is 32.1. The van der Waals surface area contributed by atoms with Gasteiger partial charge in [0.2, 0.25) is 0 Å². The number of hydrogen-bond acceptors (Lipinski definition) is 3. The molecule has 1 aliphatic rings. The van der Waals surface area contributed by atoms with Gasteiger partial charge in [-0.15, -0.1) is 0 Å². The van der Waals surface area contributed by atoms with Gasteiger partial charge in [0.05, 0.1) is 5.56 Å². The zero-order valence-electron chi connectivity index (χ0n) is 10.4. The van der Waals surface area contributed by atoms with Gasteiger partial charge in [-0.1, -0.05) is 18.6 Å². The monoisotopic (exact) mass is 249 g/mol. The van der Waals surface area contributed by atoms with E-state index < -0.39 is 0 Å². The summed E-state index contributed by atoms with van der Waals surface area (Å²) in [7, 11) is 2.07. The smallest absolute Gasteiger partial charge is 0.138 e. The Balaban J connectivity index is 2.21. The summed E-state index contributed by atoms with van der Waals surface area (Å²) in [5.74, 6) is 1.73. The minimum atomic E-state index is 0.424. The van der Waals surface area contributed by atoms with Crippen molar-refractivity contribution in [2.24, 2.45) is 11.7 Å². The standard InChI is InChI=1S/C13H19N3S/c1-9-6-7-11(12(14)17)13(15-9)16(2)8-10-4-3-5-10/h6-7,10H,3-5,8H2,1-2H3,(H2,14,17). The number of nitrogens with two attached hydrogens (primary N) is 1. The zero-order chi connectivity index (χ0) is 12.4. The highest BCUT2D eigenvalue weighted by molar-refractivity contribution is 7.80. The first-order chi connectivity index (χ1) is 8.08. The van der Waals surface area contributed by atoms with Crippen molar-refractivity contribution in [3.8, 4) is 0 Å². The van der Waals surface area contributed by atoms with Crippen LogP contribution in [0.5, 0.6) is 0 Å². The van der Waals surface area contributed by atoms with Crippen LogP contribution in [-0.4, -0.2) is 23.6 Å². The van der Waals surface area contributed by atoms with Gasteiger partial charge in [0.1, 0.15) is 10.8 Å². The number of rotatable bonds is 4. The summed E-state index contributed by atoms with van der Waals surface area (Å²) < 4.78 is 0. The highest BCUT2D eigenvalue weighted by Gasteiger charge is 2.21. The van der Waals surface area contributed by atoms with Crippen molar-refractivity contribution in [3.05, 3.63) is 23.4 Å². The summed E-state index contributed by atoms with van der Waals surface area (Å²) in [4.78, 5) is 7.17. The van der Waals surface area contributed by atoms with E-state index in [4.69, 9.17) is 18.0 Å². The van der Waals surface area contributed by atoms with Crippen LogP contribution in [0.4, 0.5) is 5.82 Å². The molecule has 92 valence electrons. The van der Waals surface area contributed by atoms with Crippen LogP contribution < -0.4 is 10.6 Å². The van der Waals surface area contributed by atoms with E-state index in [1.807, 2.05) is 19.1 Å². The summed E-state index contributed by atoms with van der Waals surface area (Å²) in [5.41, 5.74) is 7.63. The van der Waals surface area contributed by atoms with Gasteiger partial charge in [-0.3, -0.25) is 0 Å². The molecule has 0 aromatic carbocycles. The SMILES string of the molecule is Cc1ccc(C(N)=S)c(N(C)CC2CCC2)n1. The molecular formula is C13H19N3S. The third-order valence-corrected chi connectivity index (χ3v) is 3.62. The number of anilines is 1. The lowest BCUT2D eigenvalue weighted by Crippen LogP contribution is -2.31. The van der Waals surface area contributed by atoms with E-state index in [0.717, 1.165) is 29.5 Å². The normalized spacial score (nSPS) is 15.4. The topological polar surface area (TPSA) is 42.1 Å². The molecule has 2 rings (SSSR count). The Bertz CT molecular complexity index is 427. The molecule has 4 heteroatoms. The summed E-state index contributed by atoms with van der Waals surface area (Å²) >= 11 is 5.08. The van der Waals surface area contributed by atoms with Crippen LogP contribution in [0.3, 0.4) is 0 Å². The molecule has 17 heavy (non-hydrogen) atoms. The van der Waals surface area contributed by atoms with Gasteiger partial charge in [-0.05, 0) is 37.8 Å². The van der Waals surface area contributed by atoms with Crippen LogP contribution in [0.1, 0.15) is 30.5 Å². The molecule has 0 aliphatic heterocycles. The molecule has 1 aromatic rings. The average molecular weight is 249 g/mol. The summed E-state index contributed by atoms with van der Waals surface area (Å²) in [6.45, 7) is 3.04. The molecule has 1 aromatic heterocycles. The third-order valence-electron chi connectivity index (χ3n) is 3.40. The van der Waals surface area contributed by atoms with Gasteiger partial charge in [0.25, 0.3) is 0 Å². The molecule has 0 amide bonds. The molecule has 0 bridgehead atoms. The Morgan fingerprint density at radius 2 is 2.24 bits per heavy atom. The van der Waals surface area contributed by atoms with E-state index in [1.165, 1.54) is 19.3 Å². The molecule has 0 saturated heterocycles. The summed E-state index contributed by atoms with van der Waals surface area (Å²) in [6, 6.07) is 3.92. The van der Waals surface area contributed by atoms with Crippen LogP contribution >= 0.6 is 12.2 Å². The van der Waals surface area contributed by atoms with E-state index in [-0.39, 0.29) is 0 Å². The second kappa shape index (κ2) is 5.00. The van der Waals surface area contributed by atoms with Crippen molar-refractivity contribution in [3.63, 3.8) is 0 Å².